The third-order valence-corrected chi connectivity index (χ3v) is 4.31. The number of rotatable bonds is 0. The van der Waals surface area contributed by atoms with Crippen LogP contribution >= 0.6 is 0 Å². The smallest absolute Gasteiger partial charge is 0.220 e. The number of nitrogens with zero attached hydrogens (tertiary/aromatic N) is 1. The van der Waals surface area contributed by atoms with Gasteiger partial charge in [-0.05, 0) is 36.1 Å². The number of carbonyl (C=O) groups excluding carboxylic acids is 1. The zero-order valence-electron chi connectivity index (χ0n) is 12.1. The molecule has 0 unspecified atom stereocenters. The van der Waals surface area contributed by atoms with Crippen molar-refractivity contribution in [1.82, 2.24) is 4.90 Å². The van der Waals surface area contributed by atoms with Gasteiger partial charge in [-0.25, -0.2) is 0 Å². The van der Waals surface area contributed by atoms with Crippen molar-refractivity contribution >= 4 is 5.91 Å². The van der Waals surface area contributed by atoms with E-state index >= 15 is 0 Å². The first-order valence-corrected chi connectivity index (χ1v) is 7.08. The number of benzene rings is 2. The Morgan fingerprint density at radius 3 is 1.65 bits per heavy atom. The van der Waals surface area contributed by atoms with Crippen molar-refractivity contribution in [2.75, 3.05) is 0 Å². The van der Waals surface area contributed by atoms with Gasteiger partial charge in [-0.15, -0.1) is 0 Å². The molecular weight excluding hydrogens is 246 g/mol. The summed E-state index contributed by atoms with van der Waals surface area (Å²) < 4.78 is 0. The van der Waals surface area contributed by atoms with E-state index in [-0.39, 0.29) is 18.0 Å². The average molecular weight is 265 g/mol. The molecule has 2 atom stereocenters. The molecule has 3 rings (SSSR count). The highest BCUT2D eigenvalue weighted by Crippen LogP contribution is 2.42. The molecule has 1 heterocycles. The second kappa shape index (κ2) is 4.78. The van der Waals surface area contributed by atoms with Gasteiger partial charge in [0.05, 0.1) is 12.1 Å². The molecule has 0 aliphatic carbocycles. The van der Waals surface area contributed by atoms with E-state index in [2.05, 4.69) is 50.2 Å². The second-order valence-corrected chi connectivity index (χ2v) is 5.45. The van der Waals surface area contributed by atoms with E-state index in [1.807, 2.05) is 17.0 Å². The lowest BCUT2D eigenvalue weighted by Crippen LogP contribution is -2.33. The van der Waals surface area contributed by atoms with Crippen LogP contribution in [0, 0.1) is 0 Å². The molecule has 0 saturated heterocycles. The van der Waals surface area contributed by atoms with Crippen LogP contribution in [0.25, 0.3) is 11.1 Å². The maximum Gasteiger partial charge on any atom is 0.220 e. The number of carbonyl (C=O) groups is 1. The van der Waals surface area contributed by atoms with Crippen LogP contribution in [-0.4, -0.2) is 10.8 Å². The molecule has 20 heavy (non-hydrogen) atoms. The lowest BCUT2D eigenvalue weighted by Gasteiger charge is -2.33. The van der Waals surface area contributed by atoms with Gasteiger partial charge in [0.25, 0.3) is 0 Å². The van der Waals surface area contributed by atoms with Crippen molar-refractivity contribution < 1.29 is 4.79 Å². The van der Waals surface area contributed by atoms with Crippen molar-refractivity contribution in [3.05, 3.63) is 59.7 Å². The zero-order valence-corrected chi connectivity index (χ0v) is 12.1. The minimum atomic E-state index is 0.0890. The van der Waals surface area contributed by atoms with Crippen LogP contribution < -0.4 is 0 Å². The summed E-state index contributed by atoms with van der Waals surface area (Å²) >= 11 is 0. The number of amides is 1. The standard InChI is InChI=1S/C18H19NO/c1-12-15-8-4-6-10-17(15)18-11-7-5-9-16(18)13(2)19(12)14(3)20/h4-13H,1-3H3/t12-,13-/m1/s1. The predicted octanol–water partition coefficient (Wildman–Crippen LogP) is 4.34. The van der Waals surface area contributed by atoms with Gasteiger partial charge >= 0.3 is 0 Å². The average Bonchev–Trinajstić information content (AvgIpc) is 2.55. The largest absolute Gasteiger partial charge is 0.329 e. The fourth-order valence-electron chi connectivity index (χ4n) is 3.39. The van der Waals surface area contributed by atoms with Crippen LogP contribution in [0.15, 0.2) is 48.5 Å². The van der Waals surface area contributed by atoms with Gasteiger partial charge in [-0.2, -0.15) is 0 Å². The minimum absolute atomic E-state index is 0.0890. The first kappa shape index (κ1) is 12.9. The summed E-state index contributed by atoms with van der Waals surface area (Å²) in [5.74, 6) is 0.122. The molecular formula is C18H19NO. The van der Waals surface area contributed by atoms with Crippen LogP contribution in [0.3, 0.4) is 0 Å². The fourth-order valence-corrected chi connectivity index (χ4v) is 3.39. The Balaban J connectivity index is 2.32. The Morgan fingerprint density at radius 1 is 0.850 bits per heavy atom. The SMILES string of the molecule is CC(=O)N1[C@H](C)c2ccccc2-c2ccccc2[C@H]1C. The lowest BCUT2D eigenvalue weighted by atomic mass is 9.93. The maximum atomic E-state index is 12.1. The van der Waals surface area contributed by atoms with E-state index in [1.54, 1.807) is 6.92 Å². The molecule has 2 heteroatoms. The number of hydrogen-bond donors (Lipinski definition) is 0. The monoisotopic (exact) mass is 265 g/mol. The van der Waals surface area contributed by atoms with Crippen molar-refractivity contribution in [3.63, 3.8) is 0 Å². The fraction of sp³-hybridized carbons (Fsp3) is 0.278. The molecule has 1 aliphatic rings. The molecule has 0 fully saturated rings. The second-order valence-electron chi connectivity index (χ2n) is 5.45. The summed E-state index contributed by atoms with van der Waals surface area (Å²) in [6, 6.07) is 17.0. The molecule has 0 aromatic heterocycles. The summed E-state index contributed by atoms with van der Waals surface area (Å²) in [6.45, 7) is 5.88. The van der Waals surface area contributed by atoms with Gasteiger partial charge in [0.1, 0.15) is 0 Å². The van der Waals surface area contributed by atoms with Crippen LogP contribution in [-0.2, 0) is 4.79 Å². The summed E-state index contributed by atoms with van der Waals surface area (Å²) in [5.41, 5.74) is 4.93. The van der Waals surface area contributed by atoms with Gasteiger partial charge in [0, 0.05) is 6.92 Å². The molecule has 0 bridgehead atoms. The molecule has 0 N–H and O–H groups in total. The quantitative estimate of drug-likeness (QED) is 0.694. The predicted molar refractivity (Wildman–Crippen MR) is 81.2 cm³/mol. The van der Waals surface area contributed by atoms with Gasteiger partial charge in [-0.3, -0.25) is 4.79 Å². The third kappa shape index (κ3) is 1.83. The highest BCUT2D eigenvalue weighted by molar-refractivity contribution is 5.79. The molecule has 1 aliphatic heterocycles. The molecule has 2 aromatic carbocycles. The first-order chi connectivity index (χ1) is 9.61. The summed E-state index contributed by atoms with van der Waals surface area (Å²) in [4.78, 5) is 14.1. The minimum Gasteiger partial charge on any atom is -0.329 e. The number of fused-ring (bicyclic) bond motifs is 3. The Kier molecular flexibility index (Phi) is 3.09. The molecule has 0 saturated carbocycles. The Labute approximate surface area is 120 Å². The molecule has 2 nitrogen and oxygen atoms in total. The van der Waals surface area contributed by atoms with E-state index in [0.717, 1.165) is 0 Å². The van der Waals surface area contributed by atoms with Crippen molar-refractivity contribution in [2.24, 2.45) is 0 Å². The number of hydrogen-bond acceptors (Lipinski definition) is 1. The summed E-state index contributed by atoms with van der Waals surface area (Å²) in [7, 11) is 0. The Morgan fingerprint density at radius 2 is 1.25 bits per heavy atom. The van der Waals surface area contributed by atoms with Crippen LogP contribution in [0.5, 0.6) is 0 Å². The molecule has 1 amide bonds. The van der Waals surface area contributed by atoms with E-state index in [0.29, 0.717) is 0 Å². The summed E-state index contributed by atoms with van der Waals surface area (Å²) in [5, 5.41) is 0. The van der Waals surface area contributed by atoms with E-state index in [9.17, 15) is 4.79 Å². The molecule has 0 radical (unpaired) electrons. The van der Waals surface area contributed by atoms with Crippen molar-refractivity contribution in [1.29, 1.82) is 0 Å². The highest BCUT2D eigenvalue weighted by Gasteiger charge is 2.31. The van der Waals surface area contributed by atoms with Gasteiger partial charge < -0.3 is 4.90 Å². The van der Waals surface area contributed by atoms with E-state index in [1.165, 1.54) is 22.3 Å². The van der Waals surface area contributed by atoms with Crippen molar-refractivity contribution in [2.45, 2.75) is 32.9 Å². The third-order valence-electron chi connectivity index (χ3n) is 4.31. The zero-order chi connectivity index (χ0) is 14.3. The Bertz CT molecular complexity index is 610. The van der Waals surface area contributed by atoms with Crippen molar-refractivity contribution in [3.8, 4) is 11.1 Å². The summed E-state index contributed by atoms with van der Waals surface area (Å²) in [6.07, 6.45) is 0. The maximum absolute atomic E-state index is 12.1. The normalized spacial score (nSPS) is 20.9. The van der Waals surface area contributed by atoms with E-state index in [4.69, 9.17) is 0 Å². The molecule has 0 spiro atoms. The Hall–Kier alpha value is -2.09. The van der Waals surface area contributed by atoms with Crippen LogP contribution in [0.2, 0.25) is 0 Å². The van der Waals surface area contributed by atoms with E-state index < -0.39 is 0 Å². The van der Waals surface area contributed by atoms with Gasteiger partial charge in [0.15, 0.2) is 0 Å². The van der Waals surface area contributed by atoms with Gasteiger partial charge in [0.2, 0.25) is 5.91 Å². The highest BCUT2D eigenvalue weighted by atomic mass is 16.2. The lowest BCUT2D eigenvalue weighted by molar-refractivity contribution is -0.133. The van der Waals surface area contributed by atoms with Gasteiger partial charge in [-0.1, -0.05) is 48.5 Å². The van der Waals surface area contributed by atoms with Crippen LogP contribution in [0.1, 0.15) is 44.0 Å². The topological polar surface area (TPSA) is 20.3 Å². The first-order valence-electron chi connectivity index (χ1n) is 7.08. The van der Waals surface area contributed by atoms with Crippen LogP contribution in [0.4, 0.5) is 0 Å². The molecule has 102 valence electrons. The molecule has 2 aromatic rings.